The molecule has 2 aliphatic rings. The summed E-state index contributed by atoms with van der Waals surface area (Å²) in [5.74, 6) is -0.0218. The predicted octanol–water partition coefficient (Wildman–Crippen LogP) is 2.24. The second-order valence-electron chi connectivity index (χ2n) is 8.19. The minimum absolute atomic E-state index is 0.0218. The number of hydrogen-bond acceptors (Lipinski definition) is 5. The zero-order valence-electron chi connectivity index (χ0n) is 17.8. The number of amides is 1. The van der Waals surface area contributed by atoms with Crippen LogP contribution in [0.2, 0.25) is 0 Å². The van der Waals surface area contributed by atoms with Crippen LogP contribution in [0.3, 0.4) is 0 Å². The van der Waals surface area contributed by atoms with Crippen molar-refractivity contribution in [1.82, 2.24) is 15.1 Å². The molecule has 1 atom stereocenters. The average Bonchev–Trinajstić information content (AvgIpc) is 2.81. The van der Waals surface area contributed by atoms with Crippen molar-refractivity contribution < 1.29 is 9.53 Å². The van der Waals surface area contributed by atoms with Gasteiger partial charge < -0.3 is 19.9 Å². The van der Waals surface area contributed by atoms with Gasteiger partial charge in [0.15, 0.2) is 0 Å². The van der Waals surface area contributed by atoms with Gasteiger partial charge in [-0.3, -0.25) is 9.69 Å². The molecule has 1 amide bonds. The molecule has 0 aromatic heterocycles. The van der Waals surface area contributed by atoms with Crippen molar-refractivity contribution in [3.05, 3.63) is 65.7 Å². The summed E-state index contributed by atoms with van der Waals surface area (Å²) < 4.78 is 5.42. The van der Waals surface area contributed by atoms with Crippen LogP contribution in [0.1, 0.15) is 22.0 Å². The van der Waals surface area contributed by atoms with E-state index in [0.29, 0.717) is 5.56 Å². The van der Waals surface area contributed by atoms with Crippen LogP contribution in [0.5, 0.6) is 0 Å². The quantitative estimate of drug-likeness (QED) is 0.795. The Hall–Kier alpha value is -2.41. The maximum absolute atomic E-state index is 13.0. The molecule has 0 radical (unpaired) electrons. The number of hydrogen-bond donors (Lipinski definition) is 1. The highest BCUT2D eigenvalue weighted by atomic mass is 16.5. The third kappa shape index (κ3) is 5.39. The Balaban J connectivity index is 1.43. The highest BCUT2D eigenvalue weighted by Crippen LogP contribution is 2.19. The van der Waals surface area contributed by atoms with E-state index < -0.39 is 0 Å². The van der Waals surface area contributed by atoms with E-state index in [9.17, 15) is 4.79 Å². The third-order valence-corrected chi connectivity index (χ3v) is 6.05. The molecule has 2 aliphatic heterocycles. The molecule has 6 heteroatoms. The van der Waals surface area contributed by atoms with Gasteiger partial charge in [-0.1, -0.05) is 30.3 Å². The van der Waals surface area contributed by atoms with Crippen LogP contribution in [-0.2, 0) is 4.74 Å². The van der Waals surface area contributed by atoms with Crippen molar-refractivity contribution in [2.75, 3.05) is 71.0 Å². The third-order valence-electron chi connectivity index (χ3n) is 6.05. The molecule has 6 nitrogen and oxygen atoms in total. The van der Waals surface area contributed by atoms with Gasteiger partial charge in [-0.05, 0) is 36.9 Å². The number of benzene rings is 2. The number of carbonyl (C=O) groups excluding carboxylic acids is 1. The molecule has 160 valence electrons. The molecule has 1 unspecified atom stereocenters. The van der Waals surface area contributed by atoms with Crippen molar-refractivity contribution in [2.45, 2.75) is 6.04 Å². The number of morpholine rings is 1. The van der Waals surface area contributed by atoms with Crippen LogP contribution in [0, 0.1) is 0 Å². The topological polar surface area (TPSA) is 48.0 Å². The van der Waals surface area contributed by atoms with Crippen LogP contribution < -0.4 is 10.2 Å². The molecule has 30 heavy (non-hydrogen) atoms. The normalized spacial score (nSPS) is 19.4. The first-order chi connectivity index (χ1) is 14.7. The zero-order valence-corrected chi connectivity index (χ0v) is 17.8. The fourth-order valence-corrected chi connectivity index (χ4v) is 4.10. The van der Waals surface area contributed by atoms with Gasteiger partial charge in [0.05, 0.1) is 19.3 Å². The Morgan fingerprint density at radius 3 is 2.27 bits per heavy atom. The Morgan fingerprint density at radius 1 is 0.933 bits per heavy atom. The maximum Gasteiger partial charge on any atom is 0.251 e. The molecule has 2 aromatic rings. The summed E-state index contributed by atoms with van der Waals surface area (Å²) in [6, 6.07) is 18.2. The summed E-state index contributed by atoms with van der Waals surface area (Å²) >= 11 is 0. The predicted molar refractivity (Wildman–Crippen MR) is 120 cm³/mol. The van der Waals surface area contributed by atoms with Crippen LogP contribution in [-0.4, -0.2) is 81.8 Å². The van der Waals surface area contributed by atoms with Gasteiger partial charge in [0.1, 0.15) is 0 Å². The number of ether oxygens (including phenoxy) is 1. The van der Waals surface area contributed by atoms with Crippen LogP contribution in [0.15, 0.2) is 54.6 Å². The van der Waals surface area contributed by atoms with E-state index in [4.69, 9.17) is 4.74 Å². The number of likely N-dealkylation sites (N-methyl/N-ethyl adjacent to an activating group) is 1. The summed E-state index contributed by atoms with van der Waals surface area (Å²) in [5, 5.41) is 3.28. The van der Waals surface area contributed by atoms with E-state index in [0.717, 1.165) is 70.3 Å². The number of carbonyl (C=O) groups is 1. The number of nitrogens with zero attached hydrogens (tertiary/aromatic N) is 3. The SMILES string of the molecule is CN1CCN(CC(NC(=O)c2ccc(N3CCOCC3)cc2)c2ccccc2)CC1. The Labute approximate surface area is 179 Å². The first-order valence-electron chi connectivity index (χ1n) is 10.9. The molecule has 0 saturated carbocycles. The summed E-state index contributed by atoms with van der Waals surface area (Å²) in [7, 11) is 2.16. The van der Waals surface area contributed by atoms with Crippen LogP contribution >= 0.6 is 0 Å². The van der Waals surface area contributed by atoms with Crippen molar-refractivity contribution in [3.8, 4) is 0 Å². The minimum atomic E-state index is -0.0268. The first-order valence-corrected chi connectivity index (χ1v) is 10.9. The molecule has 0 bridgehead atoms. The second kappa shape index (κ2) is 10.1. The second-order valence-corrected chi connectivity index (χ2v) is 8.19. The van der Waals surface area contributed by atoms with E-state index in [1.165, 1.54) is 0 Å². The van der Waals surface area contributed by atoms with Crippen molar-refractivity contribution >= 4 is 11.6 Å². The van der Waals surface area contributed by atoms with Gasteiger partial charge in [0, 0.05) is 57.1 Å². The maximum atomic E-state index is 13.0. The van der Waals surface area contributed by atoms with Crippen molar-refractivity contribution in [2.24, 2.45) is 0 Å². The molecule has 2 fully saturated rings. The van der Waals surface area contributed by atoms with E-state index in [2.05, 4.69) is 39.2 Å². The fraction of sp³-hybridized carbons (Fsp3) is 0.458. The molecule has 0 aliphatic carbocycles. The lowest BCUT2D eigenvalue weighted by atomic mass is 10.0. The van der Waals surface area contributed by atoms with E-state index >= 15 is 0 Å². The van der Waals surface area contributed by atoms with Gasteiger partial charge in [-0.25, -0.2) is 0 Å². The number of rotatable bonds is 6. The lowest BCUT2D eigenvalue weighted by molar-refractivity contribution is 0.0907. The Bertz CT molecular complexity index is 798. The van der Waals surface area contributed by atoms with Gasteiger partial charge >= 0.3 is 0 Å². The van der Waals surface area contributed by atoms with E-state index in [1.54, 1.807) is 0 Å². The number of nitrogens with one attached hydrogen (secondary N) is 1. The van der Waals surface area contributed by atoms with Gasteiger partial charge in [-0.15, -0.1) is 0 Å². The van der Waals surface area contributed by atoms with Gasteiger partial charge in [0.2, 0.25) is 0 Å². The summed E-state index contributed by atoms with van der Waals surface area (Å²) in [5.41, 5.74) is 2.99. The number of piperazine rings is 1. The van der Waals surface area contributed by atoms with Gasteiger partial charge in [-0.2, -0.15) is 0 Å². The summed E-state index contributed by atoms with van der Waals surface area (Å²) in [6.07, 6.45) is 0. The molecular formula is C24H32N4O2. The lowest BCUT2D eigenvalue weighted by Crippen LogP contribution is -2.47. The Kier molecular flexibility index (Phi) is 7.00. The molecule has 4 rings (SSSR count). The van der Waals surface area contributed by atoms with E-state index in [-0.39, 0.29) is 11.9 Å². The highest BCUT2D eigenvalue weighted by molar-refractivity contribution is 5.94. The minimum Gasteiger partial charge on any atom is -0.378 e. The monoisotopic (exact) mass is 408 g/mol. The van der Waals surface area contributed by atoms with Crippen molar-refractivity contribution in [1.29, 1.82) is 0 Å². The van der Waals surface area contributed by atoms with Crippen LogP contribution in [0.25, 0.3) is 0 Å². The Morgan fingerprint density at radius 2 is 1.60 bits per heavy atom. The number of anilines is 1. The highest BCUT2D eigenvalue weighted by Gasteiger charge is 2.22. The molecule has 2 aromatic carbocycles. The molecule has 1 N–H and O–H groups in total. The molecule has 2 saturated heterocycles. The fourth-order valence-electron chi connectivity index (χ4n) is 4.10. The summed E-state index contributed by atoms with van der Waals surface area (Å²) in [6.45, 7) is 8.33. The first kappa shape index (κ1) is 20.8. The summed E-state index contributed by atoms with van der Waals surface area (Å²) in [4.78, 5) is 20.1. The van der Waals surface area contributed by atoms with Crippen molar-refractivity contribution in [3.63, 3.8) is 0 Å². The zero-order chi connectivity index (χ0) is 20.8. The van der Waals surface area contributed by atoms with Crippen LogP contribution in [0.4, 0.5) is 5.69 Å². The standard InChI is InChI=1S/C24H32N4O2/c1-26-11-13-27(14-12-26)19-23(20-5-3-2-4-6-20)25-24(29)21-7-9-22(10-8-21)28-15-17-30-18-16-28/h2-10,23H,11-19H2,1H3,(H,25,29). The smallest absolute Gasteiger partial charge is 0.251 e. The van der Waals surface area contributed by atoms with E-state index in [1.807, 2.05) is 42.5 Å². The average molecular weight is 409 g/mol. The largest absolute Gasteiger partial charge is 0.378 e. The molecule has 0 spiro atoms. The lowest BCUT2D eigenvalue weighted by Gasteiger charge is -2.35. The van der Waals surface area contributed by atoms with Gasteiger partial charge in [0.25, 0.3) is 5.91 Å². The molecular weight excluding hydrogens is 376 g/mol. The molecule has 2 heterocycles.